The molecule has 0 fully saturated rings. The summed E-state index contributed by atoms with van der Waals surface area (Å²) in [5.41, 5.74) is 0. The Morgan fingerprint density at radius 2 is 0.694 bits per heavy atom. The van der Waals surface area contributed by atoms with E-state index in [0.717, 1.165) is 44.9 Å². The van der Waals surface area contributed by atoms with Gasteiger partial charge in [-0.25, -0.2) is 0 Å². The van der Waals surface area contributed by atoms with Crippen LogP contribution in [-0.2, 0) is 14.3 Å². The second-order valence-corrected chi connectivity index (χ2v) is 22.1. The Morgan fingerprint density at radius 3 is 1.06 bits per heavy atom. The van der Waals surface area contributed by atoms with Crippen molar-refractivity contribution >= 4 is 11.9 Å². The molecule has 0 spiro atoms. The van der Waals surface area contributed by atoms with E-state index in [1.807, 2.05) is 6.08 Å². The van der Waals surface area contributed by atoms with Crippen LogP contribution in [0, 0.1) is 0 Å². The molecule has 0 aromatic heterocycles. The number of allylic oxidation sites excluding steroid dienone is 5. The Morgan fingerprint density at radius 1 is 0.389 bits per heavy atom. The van der Waals surface area contributed by atoms with Crippen LogP contribution in [0.15, 0.2) is 36.5 Å². The average molecular weight is 1010 g/mol. The van der Waals surface area contributed by atoms with Gasteiger partial charge in [0.15, 0.2) is 0 Å². The fraction of sp³-hybridized carbons (Fsp3) is 0.879. The second kappa shape index (κ2) is 61.6. The van der Waals surface area contributed by atoms with Crippen LogP contribution in [0.25, 0.3) is 0 Å². The fourth-order valence-corrected chi connectivity index (χ4v) is 9.96. The number of rotatable bonds is 60. The number of aliphatic hydroxyl groups is 2. The highest BCUT2D eigenvalue weighted by Crippen LogP contribution is 2.17. The third-order valence-electron chi connectivity index (χ3n) is 14.9. The maximum atomic E-state index is 12.4. The lowest BCUT2D eigenvalue weighted by Gasteiger charge is -2.20. The monoisotopic (exact) mass is 1010 g/mol. The molecular formula is C66H125NO5. The van der Waals surface area contributed by atoms with E-state index in [4.69, 9.17) is 4.74 Å². The molecule has 0 aliphatic heterocycles. The number of hydrogen-bond donors (Lipinski definition) is 3. The minimum absolute atomic E-state index is 0.0161. The highest BCUT2D eigenvalue weighted by molar-refractivity contribution is 5.76. The Kier molecular flexibility index (Phi) is 60.0. The third-order valence-corrected chi connectivity index (χ3v) is 14.9. The van der Waals surface area contributed by atoms with Crippen LogP contribution in [0.3, 0.4) is 0 Å². The van der Waals surface area contributed by atoms with Gasteiger partial charge in [-0.15, -0.1) is 0 Å². The van der Waals surface area contributed by atoms with Crippen molar-refractivity contribution < 1.29 is 24.5 Å². The van der Waals surface area contributed by atoms with Gasteiger partial charge in [0.1, 0.15) is 0 Å². The summed E-state index contributed by atoms with van der Waals surface area (Å²) < 4.78 is 5.47. The summed E-state index contributed by atoms with van der Waals surface area (Å²) in [5, 5.41) is 23.0. The van der Waals surface area contributed by atoms with Crippen LogP contribution in [-0.4, -0.2) is 47.4 Å². The normalized spacial score (nSPS) is 12.8. The SMILES string of the molecule is CCCCCCCCC/C=C/C(O)C(CO)NC(=O)CCCCCCCCCCCCCCCCCCC/C=C\C/C=C\CCCCCCCCCCCCCOC(=O)CCCCCCCCCCCCC. The van der Waals surface area contributed by atoms with Crippen LogP contribution in [0.2, 0.25) is 0 Å². The number of ether oxygens (including phenoxy) is 1. The van der Waals surface area contributed by atoms with Crippen LogP contribution >= 0.6 is 0 Å². The topological polar surface area (TPSA) is 95.9 Å². The van der Waals surface area contributed by atoms with Gasteiger partial charge in [0.2, 0.25) is 5.91 Å². The number of hydrogen-bond acceptors (Lipinski definition) is 5. The average Bonchev–Trinajstić information content (AvgIpc) is 3.38. The van der Waals surface area contributed by atoms with Crippen molar-refractivity contribution in [3.05, 3.63) is 36.5 Å². The Hall–Kier alpha value is -1.92. The molecule has 0 heterocycles. The first-order valence-electron chi connectivity index (χ1n) is 32.3. The Bertz CT molecular complexity index is 1170. The summed E-state index contributed by atoms with van der Waals surface area (Å²) in [4.78, 5) is 24.4. The van der Waals surface area contributed by atoms with Gasteiger partial charge in [0, 0.05) is 12.8 Å². The predicted octanol–water partition coefficient (Wildman–Crippen LogP) is 20.4. The minimum Gasteiger partial charge on any atom is -0.466 e. The Balaban J connectivity index is 3.35. The molecule has 0 aromatic carbocycles. The summed E-state index contributed by atoms with van der Waals surface area (Å²) in [6.07, 6.45) is 78.0. The number of esters is 1. The van der Waals surface area contributed by atoms with E-state index >= 15 is 0 Å². The number of unbranched alkanes of at least 4 members (excludes halogenated alkanes) is 45. The molecule has 0 aliphatic carbocycles. The van der Waals surface area contributed by atoms with Gasteiger partial charge >= 0.3 is 5.97 Å². The largest absolute Gasteiger partial charge is 0.466 e. The van der Waals surface area contributed by atoms with Crippen molar-refractivity contribution in [2.45, 2.75) is 360 Å². The smallest absolute Gasteiger partial charge is 0.305 e. The van der Waals surface area contributed by atoms with Crippen LogP contribution < -0.4 is 5.32 Å². The van der Waals surface area contributed by atoms with Gasteiger partial charge in [0.25, 0.3) is 0 Å². The summed E-state index contributed by atoms with van der Waals surface area (Å²) in [5.74, 6) is -0.0514. The molecule has 6 nitrogen and oxygen atoms in total. The van der Waals surface area contributed by atoms with E-state index in [-0.39, 0.29) is 18.5 Å². The van der Waals surface area contributed by atoms with Crippen LogP contribution in [0.1, 0.15) is 348 Å². The van der Waals surface area contributed by atoms with Crippen molar-refractivity contribution in [3.8, 4) is 0 Å². The fourth-order valence-electron chi connectivity index (χ4n) is 9.96. The second-order valence-electron chi connectivity index (χ2n) is 22.1. The highest BCUT2D eigenvalue weighted by Gasteiger charge is 2.18. The molecule has 6 heteroatoms. The first-order valence-corrected chi connectivity index (χ1v) is 32.3. The number of carbonyl (C=O) groups is 2. The molecule has 2 atom stereocenters. The van der Waals surface area contributed by atoms with Crippen LogP contribution in [0.5, 0.6) is 0 Å². The molecule has 1 amide bonds. The number of amides is 1. The quantitative estimate of drug-likeness (QED) is 0.0320. The molecule has 0 aliphatic rings. The lowest BCUT2D eigenvalue weighted by Crippen LogP contribution is -2.45. The standard InChI is InChI=1S/C66H125NO5/c1-3-5-7-9-11-13-39-44-48-52-56-60-66(71)72-61-57-53-49-45-41-38-36-34-32-30-28-26-24-22-20-18-16-14-15-17-19-21-23-25-27-29-31-33-35-37-40-43-47-51-55-59-65(70)67-63(62-68)64(69)58-54-50-46-42-12-10-8-6-4-2/h16,18,22,24,54,58,63-64,68-69H,3-15,17,19-21,23,25-53,55-57,59-62H2,1-2H3,(H,67,70)/b18-16-,24-22-,58-54+. The minimum atomic E-state index is -0.840. The summed E-state index contributed by atoms with van der Waals surface area (Å²) in [6, 6.07) is -0.624. The summed E-state index contributed by atoms with van der Waals surface area (Å²) >= 11 is 0. The zero-order valence-electron chi connectivity index (χ0n) is 48.4. The number of carbonyl (C=O) groups excluding carboxylic acids is 2. The summed E-state index contributed by atoms with van der Waals surface area (Å²) in [7, 11) is 0. The van der Waals surface area contributed by atoms with E-state index in [9.17, 15) is 19.8 Å². The Labute approximate surface area is 449 Å². The highest BCUT2D eigenvalue weighted by atomic mass is 16.5. The van der Waals surface area contributed by atoms with E-state index in [1.165, 1.54) is 276 Å². The molecule has 0 radical (unpaired) electrons. The predicted molar refractivity (Wildman–Crippen MR) is 315 cm³/mol. The summed E-state index contributed by atoms with van der Waals surface area (Å²) in [6.45, 7) is 4.89. The lowest BCUT2D eigenvalue weighted by molar-refractivity contribution is -0.143. The molecule has 0 saturated heterocycles. The van der Waals surface area contributed by atoms with E-state index in [2.05, 4.69) is 43.5 Å². The van der Waals surface area contributed by atoms with Crippen molar-refractivity contribution in [2.75, 3.05) is 13.2 Å². The molecule has 3 N–H and O–H groups in total. The van der Waals surface area contributed by atoms with E-state index in [0.29, 0.717) is 19.4 Å². The molecule has 0 bridgehead atoms. The van der Waals surface area contributed by atoms with E-state index in [1.54, 1.807) is 6.08 Å². The van der Waals surface area contributed by atoms with Gasteiger partial charge in [-0.1, -0.05) is 307 Å². The molecule has 0 aromatic rings. The molecule has 424 valence electrons. The van der Waals surface area contributed by atoms with Gasteiger partial charge in [0.05, 0.1) is 25.4 Å². The van der Waals surface area contributed by atoms with Gasteiger partial charge in [-0.05, 0) is 64.2 Å². The first-order chi connectivity index (χ1) is 35.5. The van der Waals surface area contributed by atoms with Crippen molar-refractivity contribution in [3.63, 3.8) is 0 Å². The molecule has 0 rings (SSSR count). The first kappa shape index (κ1) is 70.1. The van der Waals surface area contributed by atoms with E-state index < -0.39 is 12.1 Å². The maximum Gasteiger partial charge on any atom is 0.305 e. The zero-order chi connectivity index (χ0) is 52.2. The molecule has 72 heavy (non-hydrogen) atoms. The lowest BCUT2D eigenvalue weighted by atomic mass is 10.0. The van der Waals surface area contributed by atoms with Crippen LogP contribution in [0.4, 0.5) is 0 Å². The molecule has 0 saturated carbocycles. The number of aliphatic hydroxyl groups excluding tert-OH is 2. The zero-order valence-corrected chi connectivity index (χ0v) is 48.4. The third kappa shape index (κ3) is 57.4. The molecule has 2 unspecified atom stereocenters. The van der Waals surface area contributed by atoms with Gasteiger partial charge < -0.3 is 20.3 Å². The van der Waals surface area contributed by atoms with Gasteiger partial charge in [-0.2, -0.15) is 0 Å². The van der Waals surface area contributed by atoms with Crippen molar-refractivity contribution in [1.82, 2.24) is 5.32 Å². The molecular weight excluding hydrogens is 887 g/mol. The number of nitrogens with one attached hydrogen (secondary N) is 1. The van der Waals surface area contributed by atoms with Crippen molar-refractivity contribution in [2.24, 2.45) is 0 Å². The maximum absolute atomic E-state index is 12.4. The van der Waals surface area contributed by atoms with Crippen molar-refractivity contribution in [1.29, 1.82) is 0 Å². The van der Waals surface area contributed by atoms with Gasteiger partial charge in [-0.3, -0.25) is 9.59 Å².